The van der Waals surface area contributed by atoms with Crippen LogP contribution < -0.4 is 24.8 Å². The number of benzene rings is 2. The van der Waals surface area contributed by atoms with Gasteiger partial charge in [-0.3, -0.25) is 0 Å². The summed E-state index contributed by atoms with van der Waals surface area (Å²) in [5, 5.41) is 13.7. The third kappa shape index (κ3) is 5.60. The molecule has 3 rings (SSSR count). The van der Waals surface area contributed by atoms with Gasteiger partial charge >= 0.3 is 6.03 Å². The van der Waals surface area contributed by atoms with E-state index in [2.05, 4.69) is 20.8 Å². The van der Waals surface area contributed by atoms with Gasteiger partial charge in [0.1, 0.15) is 18.1 Å². The zero-order valence-corrected chi connectivity index (χ0v) is 17.1. The van der Waals surface area contributed by atoms with Gasteiger partial charge < -0.3 is 24.8 Å². The molecule has 2 aromatic carbocycles. The van der Waals surface area contributed by atoms with Gasteiger partial charge in [-0.2, -0.15) is 0 Å². The summed E-state index contributed by atoms with van der Waals surface area (Å²) < 4.78 is 15.9. The number of amides is 2. The first-order chi connectivity index (χ1) is 14.6. The minimum Gasteiger partial charge on any atom is -0.497 e. The van der Waals surface area contributed by atoms with Gasteiger partial charge in [0.2, 0.25) is 5.88 Å². The topological polar surface area (TPSA) is 94.6 Å². The lowest BCUT2D eigenvalue weighted by molar-refractivity contribution is 0.246. The second kappa shape index (κ2) is 10.1. The van der Waals surface area contributed by atoms with Crippen molar-refractivity contribution >= 4 is 11.7 Å². The highest BCUT2D eigenvalue weighted by Crippen LogP contribution is 2.28. The van der Waals surface area contributed by atoms with Gasteiger partial charge in [0.25, 0.3) is 0 Å². The Labute approximate surface area is 175 Å². The highest BCUT2D eigenvalue weighted by Gasteiger charge is 2.09. The van der Waals surface area contributed by atoms with Gasteiger partial charge in [0.15, 0.2) is 0 Å². The van der Waals surface area contributed by atoms with Gasteiger partial charge in [0, 0.05) is 17.7 Å². The van der Waals surface area contributed by atoms with Crippen LogP contribution in [0.2, 0.25) is 0 Å². The van der Waals surface area contributed by atoms with E-state index in [0.29, 0.717) is 29.6 Å². The molecule has 0 fully saturated rings. The zero-order chi connectivity index (χ0) is 21.3. The van der Waals surface area contributed by atoms with Crippen molar-refractivity contribution in [3.63, 3.8) is 0 Å². The summed E-state index contributed by atoms with van der Waals surface area (Å²) >= 11 is 0. The molecule has 0 spiro atoms. The molecule has 0 atom stereocenters. The van der Waals surface area contributed by atoms with Crippen LogP contribution in [0, 0.1) is 6.92 Å². The van der Waals surface area contributed by atoms with Gasteiger partial charge in [-0.25, -0.2) is 4.79 Å². The van der Waals surface area contributed by atoms with Crippen LogP contribution in [0.15, 0.2) is 54.6 Å². The van der Waals surface area contributed by atoms with Crippen molar-refractivity contribution in [3.05, 3.63) is 60.2 Å². The van der Waals surface area contributed by atoms with E-state index >= 15 is 0 Å². The van der Waals surface area contributed by atoms with E-state index in [1.807, 2.05) is 37.3 Å². The average molecular weight is 408 g/mol. The van der Waals surface area contributed by atoms with Crippen molar-refractivity contribution < 1.29 is 19.0 Å². The van der Waals surface area contributed by atoms with E-state index in [1.165, 1.54) is 12.7 Å². The zero-order valence-electron chi connectivity index (χ0n) is 17.1. The molecular weight excluding hydrogens is 384 g/mol. The summed E-state index contributed by atoms with van der Waals surface area (Å²) in [6.45, 7) is 2.58. The largest absolute Gasteiger partial charge is 0.497 e. The minimum absolute atomic E-state index is 0.251. The van der Waals surface area contributed by atoms with Gasteiger partial charge in [0.05, 0.1) is 32.1 Å². The number of ether oxygens (including phenoxy) is 3. The summed E-state index contributed by atoms with van der Waals surface area (Å²) in [6.07, 6.45) is 0. The molecular formula is C22H24N4O4. The Morgan fingerprint density at radius 2 is 1.77 bits per heavy atom. The summed E-state index contributed by atoms with van der Waals surface area (Å²) in [7, 11) is 3.09. The third-order valence-electron chi connectivity index (χ3n) is 4.28. The molecule has 0 aliphatic heterocycles. The predicted molar refractivity (Wildman–Crippen MR) is 114 cm³/mol. The van der Waals surface area contributed by atoms with Crippen LogP contribution in [-0.2, 0) is 0 Å². The Hall–Kier alpha value is -3.81. The quantitative estimate of drug-likeness (QED) is 0.552. The molecule has 156 valence electrons. The van der Waals surface area contributed by atoms with Gasteiger partial charge in [-0.1, -0.05) is 29.8 Å². The molecule has 2 amide bonds. The molecule has 0 radical (unpaired) electrons. The SMILES string of the molecule is COc1ccc(OC)c(NC(=O)NCCOc2ccc(-c3ccc(C)cc3)nn2)c1. The third-order valence-corrected chi connectivity index (χ3v) is 4.28. The Morgan fingerprint density at radius 1 is 0.967 bits per heavy atom. The summed E-state index contributed by atoms with van der Waals surface area (Å²) in [5.74, 6) is 1.54. The van der Waals surface area contributed by atoms with Crippen LogP contribution in [0.1, 0.15) is 5.56 Å². The smallest absolute Gasteiger partial charge is 0.319 e. The number of rotatable bonds is 8. The van der Waals surface area contributed by atoms with E-state index in [1.54, 1.807) is 31.4 Å². The number of nitrogens with one attached hydrogen (secondary N) is 2. The van der Waals surface area contributed by atoms with E-state index in [4.69, 9.17) is 14.2 Å². The standard InChI is InChI=1S/C22H24N4O4/c1-15-4-6-16(7-5-15)18-9-11-21(26-25-18)30-13-12-23-22(27)24-19-14-17(28-2)8-10-20(19)29-3/h4-11,14H,12-13H2,1-3H3,(H2,23,24,27). The maximum absolute atomic E-state index is 12.1. The first kappa shape index (κ1) is 20.9. The van der Waals surface area contributed by atoms with Crippen LogP contribution in [-0.4, -0.2) is 43.6 Å². The molecule has 1 aromatic heterocycles. The molecule has 0 saturated carbocycles. The van der Waals surface area contributed by atoms with Crippen molar-refractivity contribution in [2.45, 2.75) is 6.92 Å². The molecule has 8 nitrogen and oxygen atoms in total. The summed E-state index contributed by atoms with van der Waals surface area (Å²) in [5.41, 5.74) is 3.46. The highest BCUT2D eigenvalue weighted by molar-refractivity contribution is 5.91. The fourth-order valence-corrected chi connectivity index (χ4v) is 2.67. The first-order valence-corrected chi connectivity index (χ1v) is 9.39. The number of hydrogen-bond acceptors (Lipinski definition) is 6. The summed E-state index contributed by atoms with van der Waals surface area (Å²) in [6, 6.07) is 16.4. The Kier molecular flexibility index (Phi) is 7.05. The van der Waals surface area contributed by atoms with Crippen molar-refractivity contribution in [1.82, 2.24) is 15.5 Å². The van der Waals surface area contributed by atoms with Crippen LogP contribution in [0.4, 0.5) is 10.5 Å². The van der Waals surface area contributed by atoms with Crippen LogP contribution >= 0.6 is 0 Å². The molecule has 2 N–H and O–H groups in total. The molecule has 8 heteroatoms. The second-order valence-electron chi connectivity index (χ2n) is 6.42. The number of nitrogens with zero attached hydrogens (tertiary/aromatic N) is 2. The van der Waals surface area contributed by atoms with Crippen molar-refractivity contribution in [1.29, 1.82) is 0 Å². The Bertz CT molecular complexity index is 975. The minimum atomic E-state index is -0.383. The lowest BCUT2D eigenvalue weighted by atomic mass is 10.1. The molecule has 0 aliphatic carbocycles. The number of hydrogen-bond donors (Lipinski definition) is 2. The van der Waals surface area contributed by atoms with Gasteiger partial charge in [-0.05, 0) is 25.1 Å². The van der Waals surface area contributed by atoms with E-state index in [0.717, 1.165) is 11.3 Å². The number of urea groups is 1. The molecule has 1 heterocycles. The number of carbonyl (C=O) groups is 1. The number of aryl methyl sites for hydroxylation is 1. The maximum atomic E-state index is 12.1. The van der Waals surface area contributed by atoms with Crippen molar-refractivity contribution in [3.8, 4) is 28.6 Å². The molecule has 0 aliphatic rings. The highest BCUT2D eigenvalue weighted by atomic mass is 16.5. The molecule has 30 heavy (non-hydrogen) atoms. The van der Waals surface area contributed by atoms with E-state index in [-0.39, 0.29) is 12.6 Å². The number of methoxy groups -OCH3 is 2. The van der Waals surface area contributed by atoms with Crippen molar-refractivity contribution in [2.24, 2.45) is 0 Å². The van der Waals surface area contributed by atoms with Crippen LogP contribution in [0.3, 0.4) is 0 Å². The van der Waals surface area contributed by atoms with Crippen molar-refractivity contribution in [2.75, 3.05) is 32.7 Å². The molecule has 0 bridgehead atoms. The lowest BCUT2D eigenvalue weighted by Crippen LogP contribution is -2.32. The molecule has 3 aromatic rings. The Balaban J connectivity index is 1.46. The number of aromatic nitrogens is 2. The maximum Gasteiger partial charge on any atom is 0.319 e. The summed E-state index contributed by atoms with van der Waals surface area (Å²) in [4.78, 5) is 12.1. The van der Waals surface area contributed by atoms with Crippen LogP contribution in [0.5, 0.6) is 17.4 Å². The fourth-order valence-electron chi connectivity index (χ4n) is 2.67. The monoisotopic (exact) mass is 408 g/mol. The lowest BCUT2D eigenvalue weighted by Gasteiger charge is -2.12. The average Bonchev–Trinajstić information content (AvgIpc) is 2.77. The predicted octanol–water partition coefficient (Wildman–Crippen LogP) is 3.67. The second-order valence-corrected chi connectivity index (χ2v) is 6.42. The normalized spacial score (nSPS) is 10.2. The van der Waals surface area contributed by atoms with Crippen LogP contribution in [0.25, 0.3) is 11.3 Å². The Morgan fingerprint density at radius 3 is 2.43 bits per heavy atom. The fraction of sp³-hybridized carbons (Fsp3) is 0.227. The molecule has 0 saturated heterocycles. The molecule has 0 unspecified atom stereocenters. The first-order valence-electron chi connectivity index (χ1n) is 9.39. The number of anilines is 1. The van der Waals surface area contributed by atoms with E-state index in [9.17, 15) is 4.79 Å². The van der Waals surface area contributed by atoms with Gasteiger partial charge in [-0.15, -0.1) is 10.2 Å². The number of carbonyl (C=O) groups excluding carboxylic acids is 1. The van der Waals surface area contributed by atoms with E-state index < -0.39 is 0 Å².